The maximum Gasteiger partial charge on any atom is 0.143 e. The van der Waals surface area contributed by atoms with Crippen molar-refractivity contribution in [1.82, 2.24) is 0 Å². The van der Waals surface area contributed by atoms with Crippen LogP contribution < -0.4 is 4.90 Å². The Kier molecular flexibility index (Phi) is 8.89. The van der Waals surface area contributed by atoms with Gasteiger partial charge in [0.1, 0.15) is 11.2 Å². The number of rotatable bonds is 7. The zero-order valence-corrected chi connectivity index (χ0v) is 36.0. The van der Waals surface area contributed by atoms with Gasteiger partial charge >= 0.3 is 0 Å². The average Bonchev–Trinajstić information content (AvgIpc) is 3.79. The van der Waals surface area contributed by atoms with Crippen LogP contribution in [0, 0.1) is 0 Å². The Hall–Kier alpha value is -8.72. The maximum absolute atomic E-state index is 6.77. The second-order valence-electron chi connectivity index (χ2n) is 17.2. The largest absolute Gasteiger partial charge is 0.455 e. The summed E-state index contributed by atoms with van der Waals surface area (Å²) in [6.07, 6.45) is 0. The van der Waals surface area contributed by atoms with Crippen LogP contribution in [0.4, 0.5) is 17.1 Å². The van der Waals surface area contributed by atoms with Gasteiger partial charge < -0.3 is 9.32 Å². The van der Waals surface area contributed by atoms with Crippen LogP contribution in [0.2, 0.25) is 0 Å². The van der Waals surface area contributed by atoms with Crippen molar-refractivity contribution in [3.8, 4) is 44.5 Å². The van der Waals surface area contributed by atoms with Crippen molar-refractivity contribution in [3.63, 3.8) is 0 Å². The Balaban J connectivity index is 1.08. The summed E-state index contributed by atoms with van der Waals surface area (Å²) in [6.45, 7) is 0. The number of fused-ring (bicyclic) bond motifs is 9. The fourth-order valence-electron chi connectivity index (χ4n) is 10.4. The molecule has 0 aliphatic rings. The number of anilines is 3. The number of nitrogens with zero attached hydrogens (tertiary/aromatic N) is 1. The van der Waals surface area contributed by atoms with Gasteiger partial charge in [-0.15, -0.1) is 0 Å². The molecule has 0 spiro atoms. The van der Waals surface area contributed by atoms with Gasteiger partial charge in [0.25, 0.3) is 0 Å². The zero-order valence-electron chi connectivity index (χ0n) is 36.0. The molecular weight excluding hydrogens is 799 g/mol. The van der Waals surface area contributed by atoms with E-state index < -0.39 is 0 Å². The molecule has 0 radical (unpaired) electrons. The third-order valence-electron chi connectivity index (χ3n) is 13.5. The number of benzene rings is 12. The molecular formula is C64H41NO. The van der Waals surface area contributed by atoms with Gasteiger partial charge in [-0.25, -0.2) is 0 Å². The molecule has 0 saturated heterocycles. The van der Waals surface area contributed by atoms with Crippen LogP contribution in [-0.4, -0.2) is 0 Å². The minimum atomic E-state index is 0.870. The van der Waals surface area contributed by atoms with Crippen LogP contribution in [0.15, 0.2) is 253 Å². The van der Waals surface area contributed by atoms with Crippen molar-refractivity contribution in [1.29, 1.82) is 0 Å². The fourth-order valence-corrected chi connectivity index (χ4v) is 10.4. The molecule has 12 aromatic carbocycles. The van der Waals surface area contributed by atoms with E-state index in [1.54, 1.807) is 0 Å². The number of hydrogen-bond acceptors (Lipinski definition) is 2. The summed E-state index contributed by atoms with van der Waals surface area (Å²) in [5.41, 5.74) is 14.2. The molecule has 13 rings (SSSR count). The van der Waals surface area contributed by atoms with Gasteiger partial charge in [-0.1, -0.05) is 212 Å². The van der Waals surface area contributed by atoms with Crippen molar-refractivity contribution in [2.75, 3.05) is 4.90 Å². The molecule has 0 aliphatic carbocycles. The second kappa shape index (κ2) is 15.5. The van der Waals surface area contributed by atoms with Crippen LogP contribution in [0.3, 0.4) is 0 Å². The predicted molar refractivity (Wildman–Crippen MR) is 280 cm³/mol. The van der Waals surface area contributed by atoms with Crippen LogP contribution in [0.1, 0.15) is 0 Å². The van der Waals surface area contributed by atoms with Crippen LogP contribution in [-0.2, 0) is 0 Å². The second-order valence-corrected chi connectivity index (χ2v) is 17.2. The topological polar surface area (TPSA) is 16.4 Å². The van der Waals surface area contributed by atoms with Crippen LogP contribution in [0.25, 0.3) is 110 Å². The summed E-state index contributed by atoms with van der Waals surface area (Å²) in [4.78, 5) is 2.48. The number of hydrogen-bond donors (Lipinski definition) is 0. The minimum Gasteiger partial charge on any atom is -0.455 e. The van der Waals surface area contributed by atoms with Gasteiger partial charge in [0.15, 0.2) is 0 Å². The monoisotopic (exact) mass is 839 g/mol. The highest BCUT2D eigenvalue weighted by Gasteiger charge is 2.24. The van der Waals surface area contributed by atoms with Crippen molar-refractivity contribution >= 4 is 82.1 Å². The molecule has 1 aromatic heterocycles. The first-order valence-electron chi connectivity index (χ1n) is 22.7. The lowest BCUT2D eigenvalue weighted by Crippen LogP contribution is -2.13. The van der Waals surface area contributed by atoms with E-state index in [0.29, 0.717) is 0 Å². The first kappa shape index (κ1) is 37.8. The lowest BCUT2D eigenvalue weighted by atomic mass is 9.91. The van der Waals surface area contributed by atoms with E-state index in [-0.39, 0.29) is 0 Å². The smallest absolute Gasteiger partial charge is 0.143 e. The Morgan fingerprint density at radius 2 is 0.818 bits per heavy atom. The molecule has 13 aromatic rings. The molecule has 0 amide bonds. The lowest BCUT2D eigenvalue weighted by Gasteiger charge is -2.31. The van der Waals surface area contributed by atoms with Gasteiger partial charge in [-0.2, -0.15) is 0 Å². The molecule has 0 fully saturated rings. The van der Waals surface area contributed by atoms with Gasteiger partial charge in [0, 0.05) is 33.0 Å². The SMILES string of the molecule is c1ccc(-c2ccc(-c3cccc4c3ccc3ccccc34)cc2N(c2ccc(-c3cccc4ccccc34)cc2)c2ccccc2-c2cccc3oc4c5ccccc5ccc4c23)cc1. The van der Waals surface area contributed by atoms with Gasteiger partial charge in [0.2, 0.25) is 0 Å². The first-order chi connectivity index (χ1) is 32.7. The summed E-state index contributed by atoms with van der Waals surface area (Å²) in [5, 5.41) is 11.9. The summed E-state index contributed by atoms with van der Waals surface area (Å²) in [5.74, 6) is 0. The molecule has 0 atom stereocenters. The third kappa shape index (κ3) is 6.18. The maximum atomic E-state index is 6.77. The van der Waals surface area contributed by atoms with E-state index in [4.69, 9.17) is 4.42 Å². The molecule has 0 saturated carbocycles. The van der Waals surface area contributed by atoms with Crippen LogP contribution in [0.5, 0.6) is 0 Å². The molecule has 308 valence electrons. The summed E-state index contributed by atoms with van der Waals surface area (Å²) < 4.78 is 6.77. The predicted octanol–water partition coefficient (Wildman–Crippen LogP) is 18.3. The highest BCUT2D eigenvalue weighted by atomic mass is 16.3. The van der Waals surface area contributed by atoms with Crippen molar-refractivity contribution < 1.29 is 4.42 Å². The molecule has 0 aliphatic heterocycles. The van der Waals surface area contributed by atoms with E-state index in [1.165, 1.54) is 49.0 Å². The summed E-state index contributed by atoms with van der Waals surface area (Å²) in [6, 6.07) is 90.4. The Bertz CT molecular complexity index is 3990. The van der Waals surface area contributed by atoms with Crippen molar-refractivity contribution in [3.05, 3.63) is 249 Å². The number of furan rings is 1. The first-order valence-corrected chi connectivity index (χ1v) is 22.7. The van der Waals surface area contributed by atoms with Crippen molar-refractivity contribution in [2.24, 2.45) is 0 Å². The van der Waals surface area contributed by atoms with Gasteiger partial charge in [-0.05, 0) is 107 Å². The summed E-state index contributed by atoms with van der Waals surface area (Å²) in [7, 11) is 0. The fraction of sp³-hybridized carbons (Fsp3) is 0. The Labute approximate surface area is 382 Å². The Morgan fingerprint density at radius 3 is 1.64 bits per heavy atom. The standard InChI is InChI=1S/C64H41NO/c1-2-15-43(16-3-1)53-38-35-47(52-26-13-27-55-51-22-8-5-18-44(51)33-39-56(52)55)41-61(53)65(48-36-31-46(32-37-48)50-25-12-20-42-17-4-7-21-49(42)50)60-29-11-10-24-57(60)58-28-14-30-62-63(58)59-40-34-45-19-6-9-23-54(45)64(59)66-62/h1-41H. The van der Waals surface area contributed by atoms with E-state index in [1.807, 2.05) is 0 Å². The van der Waals surface area contributed by atoms with E-state index >= 15 is 0 Å². The highest BCUT2D eigenvalue weighted by molar-refractivity contribution is 6.20. The molecule has 0 unspecified atom stereocenters. The molecule has 66 heavy (non-hydrogen) atoms. The van der Waals surface area contributed by atoms with Crippen molar-refractivity contribution in [2.45, 2.75) is 0 Å². The molecule has 2 heteroatoms. The molecule has 2 nitrogen and oxygen atoms in total. The minimum absolute atomic E-state index is 0.870. The lowest BCUT2D eigenvalue weighted by molar-refractivity contribution is 0.673. The third-order valence-corrected chi connectivity index (χ3v) is 13.5. The van der Waals surface area contributed by atoms with Crippen LogP contribution >= 0.6 is 0 Å². The zero-order chi connectivity index (χ0) is 43.6. The quantitative estimate of drug-likeness (QED) is 0.149. The average molecular weight is 840 g/mol. The molecule has 1 heterocycles. The van der Waals surface area contributed by atoms with E-state index in [9.17, 15) is 0 Å². The van der Waals surface area contributed by atoms with E-state index in [2.05, 4.69) is 254 Å². The van der Waals surface area contributed by atoms with Gasteiger partial charge in [-0.3, -0.25) is 0 Å². The Morgan fingerprint density at radius 1 is 0.273 bits per heavy atom. The summed E-state index contributed by atoms with van der Waals surface area (Å²) >= 11 is 0. The normalized spacial score (nSPS) is 11.6. The molecule has 0 bridgehead atoms. The van der Waals surface area contributed by atoms with E-state index in [0.717, 1.165) is 77.6 Å². The number of para-hydroxylation sites is 1. The van der Waals surface area contributed by atoms with Gasteiger partial charge in [0.05, 0.1) is 11.4 Å². The highest BCUT2D eigenvalue weighted by Crippen LogP contribution is 2.49. The molecule has 0 N–H and O–H groups in total.